The van der Waals surface area contributed by atoms with E-state index in [2.05, 4.69) is 42.5 Å². The molecule has 3 N–H and O–H groups in total. The van der Waals surface area contributed by atoms with Gasteiger partial charge in [-0.3, -0.25) is 29.4 Å². The number of benzene rings is 2. The highest BCUT2D eigenvalue weighted by molar-refractivity contribution is 6.05. The van der Waals surface area contributed by atoms with Gasteiger partial charge in [0.1, 0.15) is 11.4 Å². The first kappa shape index (κ1) is 35.6. The maximum atomic E-state index is 13.7. The third-order valence-corrected chi connectivity index (χ3v) is 11.9. The van der Waals surface area contributed by atoms with Crippen molar-refractivity contribution in [3.8, 4) is 11.1 Å². The van der Waals surface area contributed by atoms with Gasteiger partial charge in [0.25, 0.3) is 11.8 Å². The molecule has 4 aromatic rings. The maximum absolute atomic E-state index is 13.7. The number of hydrogen-bond donors (Lipinski definition) is 3. The van der Waals surface area contributed by atoms with Gasteiger partial charge in [0.15, 0.2) is 0 Å². The van der Waals surface area contributed by atoms with Crippen molar-refractivity contribution in [2.75, 3.05) is 36.9 Å². The topological polar surface area (TPSA) is 111 Å². The Morgan fingerprint density at radius 1 is 0.698 bits per heavy atom. The number of hydrogen-bond acceptors (Lipinski definition) is 7. The Balaban J connectivity index is 0.979. The van der Waals surface area contributed by atoms with Crippen molar-refractivity contribution in [2.45, 2.75) is 103 Å². The van der Waals surface area contributed by atoms with E-state index in [1.54, 1.807) is 0 Å². The lowest BCUT2D eigenvalue weighted by atomic mass is 9.94. The summed E-state index contributed by atoms with van der Waals surface area (Å²) >= 11 is 0. The molecule has 2 saturated heterocycles. The van der Waals surface area contributed by atoms with Gasteiger partial charge in [0.2, 0.25) is 0 Å². The van der Waals surface area contributed by atoms with Gasteiger partial charge in [-0.05, 0) is 165 Å². The molecule has 0 bridgehead atoms. The minimum atomic E-state index is -0.231. The first-order valence-corrected chi connectivity index (χ1v) is 19.7. The van der Waals surface area contributed by atoms with Crippen molar-refractivity contribution in [3.63, 3.8) is 0 Å². The summed E-state index contributed by atoms with van der Waals surface area (Å²) in [7, 11) is 0. The summed E-state index contributed by atoms with van der Waals surface area (Å²) in [5.74, 6) is 0.564. The van der Waals surface area contributed by atoms with Crippen molar-refractivity contribution in [1.29, 1.82) is 0 Å². The standard InChI is InChI=1S/C44H52N6O3/c1-28-35(10-6-12-39(28)47-43(52)41-21-37(30-14-15-30)32(23-45-41)25-49-18-4-3-5-19-49)36-11-7-13-40(29(36)2)48-44(53)42-22-38(31-16-17-31)33(24-46-42)26-50-20-8-9-34(50)27-51/h6-7,10-13,21-24,30-31,34,51H,3-5,8-9,14-20,25-27H2,1-2H3,(H,47,52)(H,48,53)/t34-/m1/s1. The van der Waals surface area contributed by atoms with Crippen LogP contribution in [0.15, 0.2) is 60.9 Å². The number of anilines is 2. The number of rotatable bonds is 12. The Kier molecular flexibility index (Phi) is 10.4. The van der Waals surface area contributed by atoms with Crippen LogP contribution in [0.5, 0.6) is 0 Å². The number of carbonyl (C=O) groups excluding carboxylic acids is 2. The van der Waals surface area contributed by atoms with E-state index in [1.165, 1.54) is 48.8 Å². The molecule has 2 amide bonds. The number of likely N-dealkylation sites (tertiary alicyclic amines) is 2. The molecule has 0 spiro atoms. The molecule has 4 heterocycles. The highest BCUT2D eigenvalue weighted by Crippen LogP contribution is 2.43. The van der Waals surface area contributed by atoms with Crippen LogP contribution >= 0.6 is 0 Å². The van der Waals surface area contributed by atoms with Crippen LogP contribution in [0.2, 0.25) is 0 Å². The van der Waals surface area contributed by atoms with Crippen molar-refractivity contribution in [2.24, 2.45) is 0 Å². The van der Waals surface area contributed by atoms with Crippen molar-refractivity contribution < 1.29 is 14.7 Å². The Hall–Kier alpha value is -4.44. The Morgan fingerprint density at radius 2 is 1.23 bits per heavy atom. The normalized spacial score (nSPS) is 19.3. The van der Waals surface area contributed by atoms with Gasteiger partial charge in [0, 0.05) is 42.9 Å². The molecule has 276 valence electrons. The van der Waals surface area contributed by atoms with Crippen molar-refractivity contribution >= 4 is 23.2 Å². The summed E-state index contributed by atoms with van der Waals surface area (Å²) in [4.78, 5) is 41.5. The predicted octanol–water partition coefficient (Wildman–Crippen LogP) is 7.96. The molecule has 0 unspecified atom stereocenters. The van der Waals surface area contributed by atoms with Gasteiger partial charge < -0.3 is 15.7 Å². The second-order valence-corrected chi connectivity index (χ2v) is 15.7. The smallest absolute Gasteiger partial charge is 0.274 e. The first-order valence-electron chi connectivity index (χ1n) is 19.7. The van der Waals surface area contributed by atoms with Crippen LogP contribution < -0.4 is 10.6 Å². The van der Waals surface area contributed by atoms with Gasteiger partial charge in [-0.1, -0.05) is 30.7 Å². The lowest BCUT2D eigenvalue weighted by Gasteiger charge is -2.27. The SMILES string of the molecule is Cc1c(NC(=O)c2cc(C3CC3)c(CN3CCCCC3)cn2)cccc1-c1cccc(NC(=O)c2cc(C3CC3)c(CN3CCC[C@@H]3CO)cn2)c1C. The van der Waals surface area contributed by atoms with Crippen molar-refractivity contribution in [3.05, 3.63) is 106 Å². The summed E-state index contributed by atoms with van der Waals surface area (Å²) in [6, 6.07) is 16.1. The maximum Gasteiger partial charge on any atom is 0.274 e. The van der Waals surface area contributed by atoms with E-state index in [1.807, 2.05) is 62.6 Å². The summed E-state index contributed by atoms with van der Waals surface area (Å²) in [6.07, 6.45) is 14.3. The summed E-state index contributed by atoms with van der Waals surface area (Å²) in [5, 5.41) is 16.1. The Bertz CT molecular complexity index is 2000. The molecule has 2 aliphatic carbocycles. The molecule has 2 aliphatic heterocycles. The number of aromatic nitrogens is 2. The van der Waals surface area contributed by atoms with Crippen LogP contribution in [0.4, 0.5) is 11.4 Å². The lowest BCUT2D eigenvalue weighted by Crippen LogP contribution is -2.32. The third-order valence-electron chi connectivity index (χ3n) is 11.9. The van der Waals surface area contributed by atoms with Gasteiger partial charge in [-0.2, -0.15) is 0 Å². The minimum Gasteiger partial charge on any atom is -0.395 e. The largest absolute Gasteiger partial charge is 0.395 e. The molecular weight excluding hydrogens is 661 g/mol. The highest BCUT2D eigenvalue weighted by atomic mass is 16.3. The van der Waals surface area contributed by atoms with Gasteiger partial charge >= 0.3 is 0 Å². The Morgan fingerprint density at radius 3 is 1.74 bits per heavy atom. The number of amides is 2. The molecule has 4 aliphatic rings. The zero-order valence-corrected chi connectivity index (χ0v) is 31.2. The van der Waals surface area contributed by atoms with E-state index in [0.717, 1.165) is 97.6 Å². The number of aliphatic hydroxyl groups is 1. The average molecular weight is 713 g/mol. The monoisotopic (exact) mass is 712 g/mol. The molecule has 4 fully saturated rings. The fourth-order valence-electron chi connectivity index (χ4n) is 8.45. The van der Waals surface area contributed by atoms with Gasteiger partial charge in [-0.15, -0.1) is 0 Å². The molecule has 1 atom stereocenters. The lowest BCUT2D eigenvalue weighted by molar-refractivity contribution is 0.101. The minimum absolute atomic E-state index is 0.176. The van der Waals surface area contributed by atoms with E-state index in [0.29, 0.717) is 23.2 Å². The fourth-order valence-corrected chi connectivity index (χ4v) is 8.45. The van der Waals surface area contributed by atoms with Gasteiger partial charge in [0.05, 0.1) is 6.61 Å². The van der Waals surface area contributed by atoms with Crippen LogP contribution in [0.1, 0.15) is 124 Å². The number of piperidine rings is 1. The molecule has 2 saturated carbocycles. The van der Waals surface area contributed by atoms with E-state index in [9.17, 15) is 14.7 Å². The molecule has 53 heavy (non-hydrogen) atoms. The van der Waals surface area contributed by atoms with E-state index in [-0.39, 0.29) is 24.5 Å². The Labute approximate surface area is 313 Å². The number of nitrogens with one attached hydrogen (secondary N) is 2. The van der Waals surface area contributed by atoms with Crippen LogP contribution in [-0.2, 0) is 13.1 Å². The predicted molar refractivity (Wildman–Crippen MR) is 209 cm³/mol. The van der Waals surface area contributed by atoms with Crippen molar-refractivity contribution in [1.82, 2.24) is 19.8 Å². The zero-order chi connectivity index (χ0) is 36.5. The number of carbonyl (C=O) groups is 2. The van der Waals surface area contributed by atoms with Crippen LogP contribution in [0.25, 0.3) is 11.1 Å². The average Bonchev–Trinajstić information content (AvgIpc) is 4.12. The molecule has 8 rings (SSSR count). The van der Waals surface area contributed by atoms with Crippen LogP contribution in [-0.4, -0.2) is 69.0 Å². The molecular formula is C44H52N6O3. The van der Waals surface area contributed by atoms with Gasteiger partial charge in [-0.25, -0.2) is 0 Å². The van der Waals surface area contributed by atoms with E-state index in [4.69, 9.17) is 0 Å². The number of pyridine rings is 2. The molecule has 9 nitrogen and oxygen atoms in total. The zero-order valence-electron chi connectivity index (χ0n) is 31.2. The summed E-state index contributed by atoms with van der Waals surface area (Å²) < 4.78 is 0. The summed E-state index contributed by atoms with van der Waals surface area (Å²) in [5.41, 5.74) is 11.1. The van der Waals surface area contributed by atoms with E-state index >= 15 is 0 Å². The first-order chi connectivity index (χ1) is 25.9. The van der Waals surface area contributed by atoms with Crippen LogP contribution in [0, 0.1) is 13.8 Å². The number of aliphatic hydroxyl groups excluding tert-OH is 1. The fraction of sp³-hybridized carbons (Fsp3) is 0.455. The van der Waals surface area contributed by atoms with E-state index < -0.39 is 0 Å². The second-order valence-electron chi connectivity index (χ2n) is 15.7. The highest BCUT2D eigenvalue weighted by Gasteiger charge is 2.31. The summed E-state index contributed by atoms with van der Waals surface area (Å²) in [6.45, 7) is 9.14. The number of nitrogens with zero attached hydrogens (tertiary/aromatic N) is 4. The third kappa shape index (κ3) is 7.93. The quantitative estimate of drug-likeness (QED) is 0.137. The second kappa shape index (κ2) is 15.5. The molecule has 0 radical (unpaired) electrons. The molecule has 2 aromatic carbocycles. The molecule has 2 aromatic heterocycles. The van der Waals surface area contributed by atoms with Crippen LogP contribution in [0.3, 0.4) is 0 Å². The molecule has 9 heteroatoms.